The number of phenols is 1. The van der Waals surface area contributed by atoms with Gasteiger partial charge in [0.25, 0.3) is 5.91 Å². The summed E-state index contributed by atoms with van der Waals surface area (Å²) in [4.78, 5) is 17.3. The van der Waals surface area contributed by atoms with Crippen LogP contribution in [0.25, 0.3) is 10.9 Å². The second kappa shape index (κ2) is 13.6. The van der Waals surface area contributed by atoms with Crippen LogP contribution in [0.3, 0.4) is 0 Å². The van der Waals surface area contributed by atoms with Gasteiger partial charge in [-0.05, 0) is 91.2 Å². The van der Waals surface area contributed by atoms with E-state index in [1.54, 1.807) is 48.5 Å². The lowest BCUT2D eigenvalue weighted by molar-refractivity contribution is -0.118. The van der Waals surface area contributed by atoms with E-state index in [9.17, 15) is 18.3 Å². The minimum atomic E-state index is -3.45. The summed E-state index contributed by atoms with van der Waals surface area (Å²) in [5.74, 6) is 0.504. The first-order chi connectivity index (χ1) is 20.7. The number of aryl methyl sites for hydroxylation is 1. The highest BCUT2D eigenvalue weighted by Crippen LogP contribution is 2.26. The average molecular weight is 617 g/mol. The van der Waals surface area contributed by atoms with Gasteiger partial charge in [0, 0.05) is 10.4 Å². The molecule has 0 aliphatic carbocycles. The molecule has 1 heterocycles. The van der Waals surface area contributed by atoms with E-state index in [1.165, 1.54) is 18.2 Å². The number of hydrogen-bond acceptors (Lipinski definition) is 7. The third-order valence-electron chi connectivity index (χ3n) is 6.62. The quantitative estimate of drug-likeness (QED) is 0.152. The number of hydrogen-bond donors (Lipinski definition) is 2. The van der Waals surface area contributed by atoms with Crippen molar-refractivity contribution in [1.29, 1.82) is 0 Å². The van der Waals surface area contributed by atoms with Gasteiger partial charge >= 0.3 is 0 Å². The Hall–Kier alpha value is -4.60. The predicted octanol–water partition coefficient (Wildman–Crippen LogP) is 6.60. The van der Waals surface area contributed by atoms with Crippen molar-refractivity contribution in [2.24, 2.45) is 0 Å². The molecule has 0 unspecified atom stereocenters. The number of carbonyl (C=O) groups excluding carboxylic acids is 1. The van der Waals surface area contributed by atoms with Gasteiger partial charge in [-0.15, -0.1) is 0 Å². The molecule has 0 saturated carbocycles. The zero-order chi connectivity index (χ0) is 30.2. The summed E-state index contributed by atoms with van der Waals surface area (Å²) >= 11 is 5.85. The van der Waals surface area contributed by atoms with Crippen molar-refractivity contribution in [2.75, 3.05) is 17.7 Å². The molecule has 0 radical (unpaired) electrons. The molecule has 0 fully saturated rings. The number of halogens is 1. The average Bonchev–Trinajstić information content (AvgIpc) is 3.01. The van der Waals surface area contributed by atoms with E-state index in [0.29, 0.717) is 36.0 Å². The van der Waals surface area contributed by atoms with Gasteiger partial charge in [0.15, 0.2) is 16.4 Å². The second-order valence-corrected chi connectivity index (χ2v) is 12.4. The van der Waals surface area contributed by atoms with Crippen LogP contribution < -0.4 is 14.8 Å². The van der Waals surface area contributed by atoms with Gasteiger partial charge in [-0.1, -0.05) is 41.9 Å². The summed E-state index contributed by atoms with van der Waals surface area (Å²) in [7, 11) is -3.45. The first-order valence-electron chi connectivity index (χ1n) is 13.6. The van der Waals surface area contributed by atoms with E-state index in [4.69, 9.17) is 21.1 Å². The van der Waals surface area contributed by atoms with Crippen molar-refractivity contribution in [3.05, 3.63) is 119 Å². The minimum absolute atomic E-state index is 0.0464. The molecule has 5 aromatic rings. The highest BCUT2D eigenvalue weighted by molar-refractivity contribution is 7.91. The second-order valence-electron chi connectivity index (χ2n) is 9.82. The maximum atomic E-state index is 12.6. The Morgan fingerprint density at radius 2 is 1.58 bits per heavy atom. The summed E-state index contributed by atoms with van der Waals surface area (Å²) in [6, 6.07) is 29.6. The van der Waals surface area contributed by atoms with Crippen LogP contribution in [0.2, 0.25) is 5.02 Å². The minimum Gasteiger partial charge on any atom is -0.506 e. The van der Waals surface area contributed by atoms with E-state index < -0.39 is 15.7 Å². The Kier molecular flexibility index (Phi) is 9.44. The fourth-order valence-electron chi connectivity index (χ4n) is 4.38. The number of rotatable bonds is 12. The molecular weight excluding hydrogens is 588 g/mol. The number of aromatic nitrogens is 1. The zero-order valence-electron chi connectivity index (χ0n) is 23.1. The molecular formula is C33H29ClN2O6S. The highest BCUT2D eigenvalue weighted by Gasteiger charge is 2.15. The van der Waals surface area contributed by atoms with Gasteiger partial charge in [-0.3, -0.25) is 4.79 Å². The molecule has 0 saturated heterocycles. The summed E-state index contributed by atoms with van der Waals surface area (Å²) in [6.07, 6.45) is 0.808. The first kappa shape index (κ1) is 29.9. The molecule has 1 aromatic heterocycles. The molecule has 0 aliphatic heterocycles. The monoisotopic (exact) mass is 616 g/mol. The Balaban J connectivity index is 1.08. The first-order valence-corrected chi connectivity index (χ1v) is 15.6. The lowest BCUT2D eigenvalue weighted by atomic mass is 10.1. The molecule has 0 bridgehead atoms. The van der Waals surface area contributed by atoms with Crippen molar-refractivity contribution >= 4 is 43.9 Å². The van der Waals surface area contributed by atoms with Crippen molar-refractivity contribution in [3.63, 3.8) is 0 Å². The van der Waals surface area contributed by atoms with Gasteiger partial charge in [0.05, 0.1) is 27.5 Å². The Bertz CT molecular complexity index is 1830. The van der Waals surface area contributed by atoms with Crippen molar-refractivity contribution in [2.45, 2.75) is 24.3 Å². The number of nitrogens with zero attached hydrogens (tertiary/aromatic N) is 1. The number of carbonyl (C=O) groups is 1. The fourth-order valence-corrected chi connectivity index (χ4v) is 5.81. The van der Waals surface area contributed by atoms with Crippen LogP contribution >= 0.6 is 11.6 Å². The van der Waals surface area contributed by atoms with Crippen LogP contribution in [-0.4, -0.2) is 36.8 Å². The molecule has 220 valence electrons. The van der Waals surface area contributed by atoms with Crippen LogP contribution in [0.1, 0.15) is 17.7 Å². The number of fused-ring (bicyclic) bond motifs is 1. The number of nitrogens with one attached hydrogen (secondary N) is 1. The van der Waals surface area contributed by atoms with Crippen molar-refractivity contribution in [1.82, 2.24) is 4.98 Å². The highest BCUT2D eigenvalue weighted by atomic mass is 35.5. The molecule has 0 atom stereocenters. The molecule has 43 heavy (non-hydrogen) atoms. The number of para-hydroxylation sites is 1. The van der Waals surface area contributed by atoms with Crippen molar-refractivity contribution < 1.29 is 27.8 Å². The summed E-state index contributed by atoms with van der Waals surface area (Å²) < 4.78 is 36.6. The standard InChI is InChI=1S/C33H29ClN2O6S/c34-25-9-16-29(17-10-25)43(39,40)19-3-4-23-7-18-32(37)31(20-23)36-33(38)22-42-28-14-12-27(13-15-28)41-21-26-11-8-24-5-1-2-6-30(24)35-26/h1-2,5-18,20,37H,3-4,19,21-22H2,(H,36,38). The normalized spacial score (nSPS) is 11.3. The Morgan fingerprint density at radius 3 is 2.35 bits per heavy atom. The van der Waals surface area contributed by atoms with Crippen LogP contribution in [0, 0.1) is 0 Å². The van der Waals surface area contributed by atoms with Crippen LogP contribution in [-0.2, 0) is 27.7 Å². The number of benzene rings is 4. The van der Waals surface area contributed by atoms with Crippen LogP contribution in [0.4, 0.5) is 5.69 Å². The van der Waals surface area contributed by atoms with E-state index >= 15 is 0 Å². The number of ether oxygens (including phenoxy) is 2. The maximum Gasteiger partial charge on any atom is 0.262 e. The Labute approximate surface area is 254 Å². The maximum absolute atomic E-state index is 12.6. The van der Waals surface area contributed by atoms with Crippen LogP contribution in [0.15, 0.2) is 108 Å². The molecule has 0 spiro atoms. The number of sulfone groups is 1. The third kappa shape index (κ3) is 8.24. The number of anilines is 1. The molecule has 1 amide bonds. The molecule has 2 N–H and O–H groups in total. The summed E-state index contributed by atoms with van der Waals surface area (Å²) in [5.41, 5.74) is 2.71. The topological polar surface area (TPSA) is 115 Å². The summed E-state index contributed by atoms with van der Waals surface area (Å²) in [6.45, 7) is 0.0401. The molecule has 0 aliphatic rings. The summed E-state index contributed by atoms with van der Waals surface area (Å²) in [5, 5.41) is 14.4. The van der Waals surface area contributed by atoms with Crippen LogP contribution in [0.5, 0.6) is 17.2 Å². The van der Waals surface area contributed by atoms with Gasteiger partial charge in [0.2, 0.25) is 0 Å². The smallest absolute Gasteiger partial charge is 0.262 e. The van der Waals surface area contributed by atoms with Gasteiger partial charge < -0.3 is 19.9 Å². The van der Waals surface area contributed by atoms with E-state index in [-0.39, 0.29) is 28.7 Å². The molecule has 10 heteroatoms. The zero-order valence-corrected chi connectivity index (χ0v) is 24.6. The number of aromatic hydroxyl groups is 1. The van der Waals surface area contributed by atoms with Gasteiger partial charge in [-0.2, -0.15) is 0 Å². The lowest BCUT2D eigenvalue weighted by Crippen LogP contribution is -2.20. The van der Waals surface area contributed by atoms with E-state index in [0.717, 1.165) is 22.2 Å². The largest absolute Gasteiger partial charge is 0.506 e. The lowest BCUT2D eigenvalue weighted by Gasteiger charge is -2.11. The Morgan fingerprint density at radius 1 is 0.860 bits per heavy atom. The number of amides is 1. The predicted molar refractivity (Wildman–Crippen MR) is 167 cm³/mol. The molecule has 8 nitrogen and oxygen atoms in total. The number of phenolic OH excluding ortho intramolecular Hbond substituents is 1. The third-order valence-corrected chi connectivity index (χ3v) is 8.69. The van der Waals surface area contributed by atoms with Gasteiger partial charge in [-0.25, -0.2) is 13.4 Å². The SMILES string of the molecule is O=C(COc1ccc(OCc2ccc3ccccc3n2)cc1)Nc1cc(CCCS(=O)(=O)c2ccc(Cl)cc2)ccc1O. The fraction of sp³-hybridized carbons (Fsp3) is 0.152. The number of pyridine rings is 1. The molecule has 5 rings (SSSR count). The van der Waals surface area contributed by atoms with Gasteiger partial charge in [0.1, 0.15) is 23.9 Å². The van der Waals surface area contributed by atoms with Crippen molar-refractivity contribution in [3.8, 4) is 17.2 Å². The molecule has 4 aromatic carbocycles. The van der Waals surface area contributed by atoms with E-state index in [2.05, 4.69) is 10.3 Å². The van der Waals surface area contributed by atoms with E-state index in [1.807, 2.05) is 36.4 Å².